The smallest absolute Gasteiger partial charge is 0.0803 e. The van der Waals surface area contributed by atoms with Gasteiger partial charge in [0.05, 0.1) is 18.8 Å². The van der Waals surface area contributed by atoms with Crippen LogP contribution in [0.15, 0.2) is 30.3 Å². The Balaban J connectivity index is 1.61. The van der Waals surface area contributed by atoms with Crippen LogP contribution in [0, 0.1) is 0 Å². The lowest BCUT2D eigenvalue weighted by molar-refractivity contribution is -0.136. The van der Waals surface area contributed by atoms with Crippen LogP contribution in [0.25, 0.3) is 0 Å². The van der Waals surface area contributed by atoms with E-state index in [9.17, 15) is 0 Å². The molecule has 4 nitrogen and oxygen atoms in total. The van der Waals surface area contributed by atoms with Crippen LogP contribution in [-0.2, 0) is 4.74 Å². The topological polar surface area (TPSA) is 41.7 Å². The first-order valence-electron chi connectivity index (χ1n) is 6.67. The lowest BCUT2D eigenvalue weighted by Gasteiger charge is -2.52. The molecule has 18 heavy (non-hydrogen) atoms. The standard InChI is InChI=1S/C14H21N3O/c15-10-14(11-18-12-14)17-8-6-16(7-9-17)13-4-2-1-3-5-13/h1-5H,6-12,15H2. The average Bonchev–Trinajstić information content (AvgIpc) is 2.40. The lowest BCUT2D eigenvalue weighted by atomic mass is 9.94. The molecule has 2 fully saturated rings. The van der Waals surface area contributed by atoms with Gasteiger partial charge in [0.1, 0.15) is 0 Å². The van der Waals surface area contributed by atoms with E-state index < -0.39 is 0 Å². The van der Waals surface area contributed by atoms with Gasteiger partial charge in [0.25, 0.3) is 0 Å². The van der Waals surface area contributed by atoms with Crippen molar-refractivity contribution in [1.29, 1.82) is 0 Å². The van der Waals surface area contributed by atoms with Gasteiger partial charge in [0, 0.05) is 38.4 Å². The average molecular weight is 247 g/mol. The molecule has 2 heterocycles. The van der Waals surface area contributed by atoms with E-state index in [2.05, 4.69) is 40.1 Å². The maximum absolute atomic E-state index is 5.91. The van der Waals surface area contributed by atoms with Crippen LogP contribution in [0.1, 0.15) is 0 Å². The summed E-state index contributed by atoms with van der Waals surface area (Å²) in [6.45, 7) is 6.62. The van der Waals surface area contributed by atoms with Gasteiger partial charge in [-0.3, -0.25) is 4.90 Å². The lowest BCUT2D eigenvalue weighted by Crippen LogP contribution is -2.69. The van der Waals surface area contributed by atoms with Crippen LogP contribution in [0.3, 0.4) is 0 Å². The first-order valence-corrected chi connectivity index (χ1v) is 6.67. The molecule has 98 valence electrons. The number of para-hydroxylation sites is 1. The third kappa shape index (κ3) is 2.00. The second-order valence-corrected chi connectivity index (χ2v) is 5.23. The van der Waals surface area contributed by atoms with Crippen LogP contribution < -0.4 is 10.6 Å². The number of nitrogens with two attached hydrogens (primary N) is 1. The minimum Gasteiger partial charge on any atom is -0.377 e. The van der Waals surface area contributed by atoms with Gasteiger partial charge >= 0.3 is 0 Å². The van der Waals surface area contributed by atoms with E-state index in [1.807, 2.05) is 0 Å². The van der Waals surface area contributed by atoms with E-state index in [-0.39, 0.29) is 5.54 Å². The second-order valence-electron chi connectivity index (χ2n) is 5.23. The Morgan fingerprint density at radius 2 is 1.72 bits per heavy atom. The molecule has 0 saturated carbocycles. The zero-order valence-electron chi connectivity index (χ0n) is 10.7. The molecule has 0 aromatic heterocycles. The van der Waals surface area contributed by atoms with Crippen molar-refractivity contribution in [3.05, 3.63) is 30.3 Å². The van der Waals surface area contributed by atoms with Gasteiger partial charge in [-0.15, -0.1) is 0 Å². The van der Waals surface area contributed by atoms with Gasteiger partial charge in [-0.25, -0.2) is 0 Å². The van der Waals surface area contributed by atoms with Crippen molar-refractivity contribution in [2.75, 3.05) is 50.8 Å². The normalized spacial score (nSPS) is 23.7. The molecule has 2 aliphatic rings. The van der Waals surface area contributed by atoms with Crippen molar-refractivity contribution in [1.82, 2.24) is 4.90 Å². The third-order valence-corrected chi connectivity index (χ3v) is 4.19. The number of hydrogen-bond donors (Lipinski definition) is 1. The Bertz CT molecular complexity index is 378. The number of piperazine rings is 1. The molecule has 0 atom stereocenters. The first-order chi connectivity index (χ1) is 8.84. The van der Waals surface area contributed by atoms with E-state index in [0.717, 1.165) is 39.4 Å². The summed E-state index contributed by atoms with van der Waals surface area (Å²) in [5.41, 5.74) is 7.36. The minimum absolute atomic E-state index is 0.128. The number of rotatable bonds is 3. The highest BCUT2D eigenvalue weighted by Gasteiger charge is 2.43. The second kappa shape index (κ2) is 4.88. The van der Waals surface area contributed by atoms with Crippen LogP contribution in [0.4, 0.5) is 5.69 Å². The van der Waals surface area contributed by atoms with Crippen molar-refractivity contribution in [3.8, 4) is 0 Å². The number of hydrogen-bond acceptors (Lipinski definition) is 4. The first kappa shape index (κ1) is 12.0. The molecule has 0 radical (unpaired) electrons. The van der Waals surface area contributed by atoms with E-state index >= 15 is 0 Å². The number of nitrogens with zero attached hydrogens (tertiary/aromatic N) is 2. The molecule has 0 aliphatic carbocycles. The predicted molar refractivity (Wildman–Crippen MR) is 72.8 cm³/mol. The monoisotopic (exact) mass is 247 g/mol. The molecular weight excluding hydrogens is 226 g/mol. The van der Waals surface area contributed by atoms with Gasteiger partial charge in [-0.05, 0) is 12.1 Å². The van der Waals surface area contributed by atoms with Gasteiger partial charge in [-0.1, -0.05) is 18.2 Å². The summed E-state index contributed by atoms with van der Waals surface area (Å²) >= 11 is 0. The number of benzene rings is 1. The number of ether oxygens (including phenoxy) is 1. The fourth-order valence-corrected chi connectivity index (χ4v) is 2.85. The van der Waals surface area contributed by atoms with Crippen LogP contribution >= 0.6 is 0 Å². The zero-order chi connectivity index (χ0) is 12.4. The molecule has 0 bridgehead atoms. The van der Waals surface area contributed by atoms with E-state index in [1.165, 1.54) is 5.69 Å². The van der Waals surface area contributed by atoms with Crippen LogP contribution in [0.2, 0.25) is 0 Å². The highest BCUT2D eigenvalue weighted by molar-refractivity contribution is 5.46. The Hall–Kier alpha value is -1.10. The molecule has 0 spiro atoms. The largest absolute Gasteiger partial charge is 0.377 e. The third-order valence-electron chi connectivity index (χ3n) is 4.19. The highest BCUT2D eigenvalue weighted by atomic mass is 16.5. The Labute approximate surface area is 108 Å². The molecule has 0 unspecified atom stereocenters. The summed E-state index contributed by atoms with van der Waals surface area (Å²) < 4.78 is 5.36. The van der Waals surface area contributed by atoms with Gasteiger partial charge in [0.2, 0.25) is 0 Å². The van der Waals surface area contributed by atoms with Crippen LogP contribution in [0.5, 0.6) is 0 Å². The minimum atomic E-state index is 0.128. The van der Waals surface area contributed by atoms with Crippen molar-refractivity contribution < 1.29 is 4.74 Å². The summed E-state index contributed by atoms with van der Waals surface area (Å²) in [6, 6.07) is 10.6. The van der Waals surface area contributed by atoms with Crippen molar-refractivity contribution in [2.45, 2.75) is 5.54 Å². The predicted octanol–water partition coefficient (Wildman–Crippen LogP) is 0.536. The zero-order valence-corrected chi connectivity index (χ0v) is 10.7. The van der Waals surface area contributed by atoms with Gasteiger partial charge in [-0.2, -0.15) is 0 Å². The molecule has 0 amide bonds. The van der Waals surface area contributed by atoms with E-state index in [1.54, 1.807) is 0 Å². The maximum Gasteiger partial charge on any atom is 0.0803 e. The van der Waals surface area contributed by atoms with Gasteiger partial charge < -0.3 is 15.4 Å². The summed E-state index contributed by atoms with van der Waals surface area (Å²) in [6.07, 6.45) is 0. The molecule has 2 aliphatic heterocycles. The summed E-state index contributed by atoms with van der Waals surface area (Å²) in [5.74, 6) is 0. The van der Waals surface area contributed by atoms with Gasteiger partial charge in [0.15, 0.2) is 0 Å². The molecule has 4 heteroatoms. The van der Waals surface area contributed by atoms with Crippen LogP contribution in [-0.4, -0.2) is 56.4 Å². The molecule has 2 N–H and O–H groups in total. The van der Waals surface area contributed by atoms with E-state index in [0.29, 0.717) is 6.54 Å². The summed E-state index contributed by atoms with van der Waals surface area (Å²) in [5, 5.41) is 0. The van der Waals surface area contributed by atoms with Crippen molar-refractivity contribution >= 4 is 5.69 Å². The fourth-order valence-electron chi connectivity index (χ4n) is 2.85. The summed E-state index contributed by atoms with van der Waals surface area (Å²) in [7, 11) is 0. The Morgan fingerprint density at radius 3 is 2.22 bits per heavy atom. The molecule has 3 rings (SSSR count). The number of anilines is 1. The maximum atomic E-state index is 5.91. The Kier molecular flexibility index (Phi) is 3.24. The van der Waals surface area contributed by atoms with Crippen molar-refractivity contribution in [3.63, 3.8) is 0 Å². The fraction of sp³-hybridized carbons (Fsp3) is 0.571. The highest BCUT2D eigenvalue weighted by Crippen LogP contribution is 2.26. The molecular formula is C14H21N3O. The molecule has 1 aromatic rings. The summed E-state index contributed by atoms with van der Waals surface area (Å²) in [4.78, 5) is 4.95. The van der Waals surface area contributed by atoms with Crippen molar-refractivity contribution in [2.24, 2.45) is 5.73 Å². The molecule has 1 aromatic carbocycles. The SMILES string of the molecule is NCC1(N2CCN(c3ccccc3)CC2)COC1. The van der Waals surface area contributed by atoms with E-state index in [4.69, 9.17) is 10.5 Å². The Morgan fingerprint density at radius 1 is 1.06 bits per heavy atom. The quantitative estimate of drug-likeness (QED) is 0.846. The molecule has 2 saturated heterocycles.